The van der Waals surface area contributed by atoms with Crippen LogP contribution in [0, 0.1) is 6.92 Å². The highest BCUT2D eigenvalue weighted by Crippen LogP contribution is 2.41. The predicted octanol–water partition coefficient (Wildman–Crippen LogP) is 4.39. The summed E-state index contributed by atoms with van der Waals surface area (Å²) >= 11 is 0. The Labute approximate surface area is 186 Å². The van der Waals surface area contributed by atoms with E-state index < -0.39 is 17.7 Å². The largest absolute Gasteiger partial charge is 0.507 e. The quantitative estimate of drug-likeness (QED) is 0.338. The first kappa shape index (κ1) is 21.4. The summed E-state index contributed by atoms with van der Waals surface area (Å²) in [5.41, 5.74) is 1.20. The van der Waals surface area contributed by atoms with Gasteiger partial charge in [0.05, 0.1) is 12.2 Å². The van der Waals surface area contributed by atoms with Crippen molar-refractivity contribution in [1.29, 1.82) is 0 Å². The lowest BCUT2D eigenvalue weighted by Crippen LogP contribution is -2.29. The number of carbonyl (C=O) groups is 2. The summed E-state index contributed by atoms with van der Waals surface area (Å²) in [7, 11) is 0. The number of aliphatic hydroxyl groups is 1. The molecule has 3 aromatic rings. The number of pyridine rings is 1. The molecule has 0 radical (unpaired) electrons. The molecule has 1 aromatic carbocycles. The van der Waals surface area contributed by atoms with Gasteiger partial charge in [0.15, 0.2) is 0 Å². The van der Waals surface area contributed by atoms with Crippen LogP contribution in [0.5, 0.6) is 5.75 Å². The SMILES string of the molecule is CCCOc1cccc(/C(O)=C2/C(=O)C(=O)N(Cc3ccncc3)C2c2ccc(C)o2)c1. The molecule has 3 heterocycles. The second-order valence-electron chi connectivity index (χ2n) is 7.61. The number of Topliss-reactive ketones (excluding diaryl/α,β-unsaturated/α-hetero) is 1. The van der Waals surface area contributed by atoms with Gasteiger partial charge in [0.2, 0.25) is 0 Å². The summed E-state index contributed by atoms with van der Waals surface area (Å²) in [5.74, 6) is -0.0784. The smallest absolute Gasteiger partial charge is 0.296 e. The lowest BCUT2D eigenvalue weighted by molar-refractivity contribution is -0.140. The number of furan rings is 1. The number of aryl methyl sites for hydroxylation is 1. The zero-order valence-electron chi connectivity index (χ0n) is 17.9. The highest BCUT2D eigenvalue weighted by molar-refractivity contribution is 6.46. The van der Waals surface area contributed by atoms with Crippen molar-refractivity contribution < 1.29 is 23.8 Å². The van der Waals surface area contributed by atoms with E-state index in [1.165, 1.54) is 4.90 Å². The second kappa shape index (κ2) is 9.09. The fourth-order valence-electron chi connectivity index (χ4n) is 3.73. The Balaban J connectivity index is 1.80. The zero-order valence-corrected chi connectivity index (χ0v) is 17.9. The van der Waals surface area contributed by atoms with Crippen LogP contribution in [0.3, 0.4) is 0 Å². The molecular weight excluding hydrogens is 408 g/mol. The maximum Gasteiger partial charge on any atom is 0.296 e. The van der Waals surface area contributed by atoms with E-state index in [9.17, 15) is 14.7 Å². The molecule has 4 rings (SSSR count). The van der Waals surface area contributed by atoms with Crippen molar-refractivity contribution in [3.05, 3.63) is 89.1 Å². The standard InChI is InChI=1S/C25H24N2O5/c1-3-13-31-19-6-4-5-18(14-19)23(28)21-22(20-8-7-16(2)32-20)27(25(30)24(21)29)15-17-9-11-26-12-10-17/h4-12,14,22,28H,3,13,15H2,1-2H3/b23-21-. The van der Waals surface area contributed by atoms with Gasteiger partial charge >= 0.3 is 0 Å². The third-order valence-electron chi connectivity index (χ3n) is 5.25. The third kappa shape index (κ3) is 4.14. The molecule has 1 atom stereocenters. The Morgan fingerprint density at radius 3 is 2.62 bits per heavy atom. The van der Waals surface area contributed by atoms with E-state index in [2.05, 4.69) is 4.98 Å². The third-order valence-corrected chi connectivity index (χ3v) is 5.25. The Hall–Kier alpha value is -3.87. The molecule has 164 valence electrons. The molecule has 1 amide bonds. The van der Waals surface area contributed by atoms with Gasteiger partial charge in [-0.1, -0.05) is 19.1 Å². The minimum absolute atomic E-state index is 0.00829. The zero-order chi connectivity index (χ0) is 22.7. The van der Waals surface area contributed by atoms with E-state index in [4.69, 9.17) is 9.15 Å². The number of ketones is 1. The maximum absolute atomic E-state index is 13.1. The molecule has 0 aliphatic carbocycles. The van der Waals surface area contributed by atoms with E-state index in [1.807, 2.05) is 6.92 Å². The van der Waals surface area contributed by atoms with Crippen molar-refractivity contribution >= 4 is 17.4 Å². The molecule has 1 fully saturated rings. The Bertz CT molecular complexity index is 1170. The lowest BCUT2D eigenvalue weighted by Gasteiger charge is -2.23. The summed E-state index contributed by atoms with van der Waals surface area (Å²) in [6.07, 6.45) is 4.09. The number of hydrogen-bond donors (Lipinski definition) is 1. The van der Waals surface area contributed by atoms with E-state index in [-0.39, 0.29) is 17.9 Å². The number of ether oxygens (including phenoxy) is 1. The molecule has 2 aromatic heterocycles. The van der Waals surface area contributed by atoms with Gasteiger partial charge in [0, 0.05) is 24.5 Å². The topological polar surface area (TPSA) is 92.9 Å². The molecule has 0 spiro atoms. The molecule has 1 unspecified atom stereocenters. The number of carbonyl (C=O) groups excluding carboxylic acids is 2. The average molecular weight is 432 g/mol. The number of nitrogens with zero attached hydrogens (tertiary/aromatic N) is 2. The molecule has 0 bridgehead atoms. The highest BCUT2D eigenvalue weighted by atomic mass is 16.5. The average Bonchev–Trinajstić information content (AvgIpc) is 3.34. The van der Waals surface area contributed by atoms with Crippen LogP contribution >= 0.6 is 0 Å². The molecule has 7 nitrogen and oxygen atoms in total. The Morgan fingerprint density at radius 1 is 1.16 bits per heavy atom. The van der Waals surface area contributed by atoms with Gasteiger partial charge in [-0.3, -0.25) is 14.6 Å². The second-order valence-corrected chi connectivity index (χ2v) is 7.61. The molecule has 1 aliphatic heterocycles. The van der Waals surface area contributed by atoms with Crippen LogP contribution in [0.25, 0.3) is 5.76 Å². The highest BCUT2D eigenvalue weighted by Gasteiger charge is 2.47. The summed E-state index contributed by atoms with van der Waals surface area (Å²) in [6.45, 7) is 4.49. The van der Waals surface area contributed by atoms with Gasteiger partial charge in [0.25, 0.3) is 11.7 Å². The number of rotatable bonds is 7. The minimum atomic E-state index is -0.850. The summed E-state index contributed by atoms with van der Waals surface area (Å²) in [6, 6.07) is 13.0. The van der Waals surface area contributed by atoms with Gasteiger partial charge in [-0.25, -0.2) is 0 Å². The van der Waals surface area contributed by atoms with E-state index in [1.54, 1.807) is 67.8 Å². The summed E-state index contributed by atoms with van der Waals surface area (Å²) in [5, 5.41) is 11.2. The molecule has 0 saturated carbocycles. The fraction of sp³-hybridized carbons (Fsp3) is 0.240. The number of amides is 1. The van der Waals surface area contributed by atoms with Crippen molar-refractivity contribution in [2.75, 3.05) is 6.61 Å². The maximum atomic E-state index is 13.1. The number of aromatic nitrogens is 1. The molecule has 32 heavy (non-hydrogen) atoms. The van der Waals surface area contributed by atoms with E-state index in [0.29, 0.717) is 29.4 Å². The monoisotopic (exact) mass is 432 g/mol. The van der Waals surface area contributed by atoms with Gasteiger partial charge in [0.1, 0.15) is 29.1 Å². The van der Waals surface area contributed by atoms with Crippen molar-refractivity contribution in [2.24, 2.45) is 0 Å². The van der Waals surface area contributed by atoms with Crippen molar-refractivity contribution in [3.8, 4) is 5.75 Å². The number of hydrogen-bond acceptors (Lipinski definition) is 6. The first-order valence-electron chi connectivity index (χ1n) is 10.5. The van der Waals surface area contributed by atoms with Crippen LogP contribution in [0.1, 0.15) is 42.0 Å². The number of likely N-dealkylation sites (tertiary alicyclic amines) is 1. The summed E-state index contributed by atoms with van der Waals surface area (Å²) in [4.78, 5) is 31.5. The van der Waals surface area contributed by atoms with Crippen LogP contribution in [-0.4, -0.2) is 33.3 Å². The van der Waals surface area contributed by atoms with Gasteiger partial charge in [-0.15, -0.1) is 0 Å². The van der Waals surface area contributed by atoms with Crippen molar-refractivity contribution in [1.82, 2.24) is 9.88 Å². The number of aliphatic hydroxyl groups excluding tert-OH is 1. The number of benzene rings is 1. The summed E-state index contributed by atoms with van der Waals surface area (Å²) < 4.78 is 11.4. The van der Waals surface area contributed by atoms with E-state index in [0.717, 1.165) is 12.0 Å². The van der Waals surface area contributed by atoms with Crippen LogP contribution in [0.4, 0.5) is 0 Å². The van der Waals surface area contributed by atoms with Crippen LogP contribution in [-0.2, 0) is 16.1 Å². The Morgan fingerprint density at radius 2 is 1.94 bits per heavy atom. The lowest BCUT2D eigenvalue weighted by atomic mass is 9.99. The normalized spacial score (nSPS) is 17.7. The molecular formula is C25H24N2O5. The first-order valence-corrected chi connectivity index (χ1v) is 10.5. The van der Waals surface area contributed by atoms with Crippen LogP contribution in [0.15, 0.2) is 70.9 Å². The first-order chi connectivity index (χ1) is 15.5. The van der Waals surface area contributed by atoms with Gasteiger partial charge in [-0.05, 0) is 55.3 Å². The Kier molecular flexibility index (Phi) is 6.07. The van der Waals surface area contributed by atoms with Crippen LogP contribution in [0.2, 0.25) is 0 Å². The molecule has 1 saturated heterocycles. The van der Waals surface area contributed by atoms with Crippen LogP contribution < -0.4 is 4.74 Å². The van der Waals surface area contributed by atoms with E-state index >= 15 is 0 Å². The molecule has 7 heteroatoms. The molecule has 1 aliphatic rings. The predicted molar refractivity (Wildman–Crippen MR) is 118 cm³/mol. The van der Waals surface area contributed by atoms with Gasteiger partial charge in [-0.2, -0.15) is 0 Å². The fourth-order valence-corrected chi connectivity index (χ4v) is 3.73. The molecule has 1 N–H and O–H groups in total. The van der Waals surface area contributed by atoms with Crippen molar-refractivity contribution in [2.45, 2.75) is 32.9 Å². The van der Waals surface area contributed by atoms with Crippen molar-refractivity contribution in [3.63, 3.8) is 0 Å². The van der Waals surface area contributed by atoms with Gasteiger partial charge < -0.3 is 19.2 Å². The minimum Gasteiger partial charge on any atom is -0.507 e.